The molecule has 0 spiro atoms. The average Bonchev–Trinajstić information content (AvgIpc) is 2.87. The van der Waals surface area contributed by atoms with Crippen molar-refractivity contribution in [1.82, 2.24) is 15.1 Å². The van der Waals surface area contributed by atoms with Crippen LogP contribution in [0.5, 0.6) is 0 Å². The number of aliphatic carboxylic acids is 1. The Balaban J connectivity index is 0.00000420. The summed E-state index contributed by atoms with van der Waals surface area (Å²) >= 11 is 0. The van der Waals surface area contributed by atoms with Crippen LogP contribution in [-0.4, -0.2) is 72.6 Å². The Morgan fingerprint density at radius 3 is 2.52 bits per heavy atom. The minimum Gasteiger partial charge on any atom is -0.480 e. The number of halogens is 1. The van der Waals surface area contributed by atoms with Crippen LogP contribution in [0.4, 0.5) is 0 Å². The zero-order valence-corrected chi connectivity index (χ0v) is 18.7. The molecule has 1 aromatic carbocycles. The molecule has 0 aromatic heterocycles. The summed E-state index contributed by atoms with van der Waals surface area (Å²) in [5.41, 5.74) is 2.57. The third-order valence-corrected chi connectivity index (χ3v) is 5.55. The molecule has 1 aromatic rings. The highest BCUT2D eigenvalue weighted by Gasteiger charge is 2.22. The molecule has 1 aliphatic heterocycles. The average molecular weight is 426 g/mol. The predicted octanol–water partition coefficient (Wildman–Crippen LogP) is 2.76. The number of carbonyl (C=O) groups excluding carboxylic acids is 1. The molecule has 1 heterocycles. The Kier molecular flexibility index (Phi) is 11.2. The van der Waals surface area contributed by atoms with Crippen molar-refractivity contribution in [2.24, 2.45) is 0 Å². The summed E-state index contributed by atoms with van der Waals surface area (Å²) in [5, 5.41) is 12.0. The van der Waals surface area contributed by atoms with Crippen molar-refractivity contribution in [2.45, 2.75) is 51.5 Å². The van der Waals surface area contributed by atoms with E-state index in [4.69, 9.17) is 5.11 Å². The molecule has 0 bridgehead atoms. The number of likely N-dealkylation sites (N-methyl/N-ethyl adjacent to an activating group) is 1. The molecule has 0 aliphatic carbocycles. The normalized spacial score (nSPS) is 17.6. The van der Waals surface area contributed by atoms with E-state index in [1.807, 2.05) is 11.9 Å². The van der Waals surface area contributed by atoms with E-state index in [0.717, 1.165) is 38.8 Å². The van der Waals surface area contributed by atoms with Crippen molar-refractivity contribution in [3.63, 3.8) is 0 Å². The SMILES string of the molecule is CC(C)c1ccc(CCNC(=O)CN2CCCC(N(C)CC(=O)O)CC2)cc1.Cl. The lowest BCUT2D eigenvalue weighted by Crippen LogP contribution is -2.39. The Morgan fingerprint density at radius 2 is 1.90 bits per heavy atom. The van der Waals surface area contributed by atoms with Gasteiger partial charge in [-0.15, -0.1) is 12.4 Å². The fourth-order valence-electron chi connectivity index (χ4n) is 3.75. The largest absolute Gasteiger partial charge is 0.480 e. The van der Waals surface area contributed by atoms with Crippen LogP contribution < -0.4 is 5.32 Å². The second-order valence-electron chi connectivity index (χ2n) is 8.17. The number of likely N-dealkylation sites (tertiary alicyclic amines) is 1. The molecule has 1 unspecified atom stereocenters. The summed E-state index contributed by atoms with van der Waals surface area (Å²) in [7, 11) is 1.87. The number of carboxylic acid groups (broad SMARTS) is 1. The van der Waals surface area contributed by atoms with Crippen LogP contribution in [0.1, 0.15) is 50.2 Å². The zero-order chi connectivity index (χ0) is 20.5. The molecule has 0 radical (unpaired) electrons. The van der Waals surface area contributed by atoms with Crippen LogP contribution in [0.15, 0.2) is 24.3 Å². The minimum atomic E-state index is -0.790. The van der Waals surface area contributed by atoms with Crippen molar-refractivity contribution in [1.29, 1.82) is 0 Å². The summed E-state index contributed by atoms with van der Waals surface area (Å²) < 4.78 is 0. The number of carbonyl (C=O) groups is 2. The van der Waals surface area contributed by atoms with Gasteiger partial charge >= 0.3 is 5.97 Å². The Morgan fingerprint density at radius 1 is 1.21 bits per heavy atom. The number of nitrogens with zero attached hydrogens (tertiary/aromatic N) is 2. The molecular formula is C22H36ClN3O3. The van der Waals surface area contributed by atoms with Gasteiger partial charge in [-0.25, -0.2) is 0 Å². The molecule has 1 fully saturated rings. The van der Waals surface area contributed by atoms with E-state index in [-0.39, 0.29) is 30.9 Å². The van der Waals surface area contributed by atoms with Gasteiger partial charge in [0.05, 0.1) is 13.1 Å². The molecule has 1 atom stereocenters. The van der Waals surface area contributed by atoms with Gasteiger partial charge in [-0.1, -0.05) is 38.1 Å². The van der Waals surface area contributed by atoms with Gasteiger partial charge in [-0.2, -0.15) is 0 Å². The molecule has 2 N–H and O–H groups in total. The van der Waals surface area contributed by atoms with Crippen molar-refractivity contribution >= 4 is 24.3 Å². The summed E-state index contributed by atoms with van der Waals surface area (Å²) in [5.74, 6) is -0.191. The molecule has 1 aliphatic rings. The van der Waals surface area contributed by atoms with Crippen LogP contribution in [-0.2, 0) is 16.0 Å². The van der Waals surface area contributed by atoms with Gasteiger partial charge in [0.2, 0.25) is 5.91 Å². The van der Waals surface area contributed by atoms with Crippen molar-refractivity contribution in [3.05, 3.63) is 35.4 Å². The standard InChI is InChI=1S/C22H35N3O3.ClH/c1-17(2)19-8-6-18(7-9-19)10-12-23-21(26)15-25-13-4-5-20(11-14-25)24(3)16-22(27)28;/h6-9,17,20H,4-5,10-16H2,1-3H3,(H,23,26)(H,27,28);1H. The molecule has 1 saturated heterocycles. The number of rotatable bonds is 9. The highest BCUT2D eigenvalue weighted by Crippen LogP contribution is 2.16. The van der Waals surface area contributed by atoms with Crippen LogP contribution in [0, 0.1) is 0 Å². The third kappa shape index (κ3) is 9.15. The van der Waals surface area contributed by atoms with E-state index in [1.54, 1.807) is 0 Å². The lowest BCUT2D eigenvalue weighted by atomic mass is 10.0. The Hall–Kier alpha value is -1.63. The van der Waals surface area contributed by atoms with Crippen LogP contribution in [0.3, 0.4) is 0 Å². The summed E-state index contributed by atoms with van der Waals surface area (Å²) in [4.78, 5) is 27.3. The molecule has 29 heavy (non-hydrogen) atoms. The van der Waals surface area contributed by atoms with Gasteiger partial charge in [0, 0.05) is 19.1 Å². The summed E-state index contributed by atoms with van der Waals surface area (Å²) in [6, 6.07) is 8.89. The van der Waals surface area contributed by atoms with E-state index in [0.29, 0.717) is 19.0 Å². The number of amides is 1. The van der Waals surface area contributed by atoms with Crippen molar-refractivity contribution in [3.8, 4) is 0 Å². The molecule has 164 valence electrons. The molecule has 7 heteroatoms. The minimum absolute atomic E-state index is 0. The van der Waals surface area contributed by atoms with E-state index in [9.17, 15) is 9.59 Å². The second-order valence-corrected chi connectivity index (χ2v) is 8.17. The first-order valence-corrected chi connectivity index (χ1v) is 10.3. The zero-order valence-electron chi connectivity index (χ0n) is 17.9. The third-order valence-electron chi connectivity index (χ3n) is 5.55. The molecular weight excluding hydrogens is 390 g/mol. The highest BCUT2D eigenvalue weighted by molar-refractivity contribution is 5.85. The van der Waals surface area contributed by atoms with Crippen LogP contribution in [0.2, 0.25) is 0 Å². The van der Waals surface area contributed by atoms with Crippen molar-refractivity contribution in [2.75, 3.05) is 39.8 Å². The Labute approximate surface area is 181 Å². The Bertz CT molecular complexity index is 637. The van der Waals surface area contributed by atoms with Gasteiger partial charge in [0.25, 0.3) is 0 Å². The lowest BCUT2D eigenvalue weighted by Gasteiger charge is -2.25. The second kappa shape index (κ2) is 12.8. The van der Waals surface area contributed by atoms with Gasteiger partial charge in [0.1, 0.15) is 0 Å². The van der Waals surface area contributed by atoms with Crippen molar-refractivity contribution < 1.29 is 14.7 Å². The molecule has 0 saturated carbocycles. The maximum atomic E-state index is 12.3. The predicted molar refractivity (Wildman–Crippen MR) is 119 cm³/mol. The van der Waals surface area contributed by atoms with Gasteiger partial charge in [-0.3, -0.25) is 19.4 Å². The molecule has 1 amide bonds. The highest BCUT2D eigenvalue weighted by atomic mass is 35.5. The van der Waals surface area contributed by atoms with Crippen LogP contribution in [0.25, 0.3) is 0 Å². The first-order valence-electron chi connectivity index (χ1n) is 10.3. The smallest absolute Gasteiger partial charge is 0.317 e. The monoisotopic (exact) mass is 425 g/mol. The maximum Gasteiger partial charge on any atom is 0.317 e. The quantitative estimate of drug-likeness (QED) is 0.636. The molecule has 2 rings (SSSR count). The van der Waals surface area contributed by atoms with Gasteiger partial charge in [-0.05, 0) is 56.3 Å². The molecule has 6 nitrogen and oxygen atoms in total. The van der Waals surface area contributed by atoms with E-state index in [2.05, 4.69) is 48.3 Å². The van der Waals surface area contributed by atoms with E-state index < -0.39 is 5.97 Å². The fourth-order valence-corrected chi connectivity index (χ4v) is 3.75. The number of carboxylic acids is 1. The van der Waals surface area contributed by atoms with Gasteiger partial charge < -0.3 is 10.4 Å². The van der Waals surface area contributed by atoms with Crippen LogP contribution >= 0.6 is 12.4 Å². The number of hydrogen-bond acceptors (Lipinski definition) is 4. The van der Waals surface area contributed by atoms with E-state index >= 15 is 0 Å². The topological polar surface area (TPSA) is 72.9 Å². The first-order chi connectivity index (χ1) is 13.3. The number of nitrogens with one attached hydrogen (secondary N) is 1. The lowest BCUT2D eigenvalue weighted by molar-refractivity contribution is -0.138. The fraction of sp³-hybridized carbons (Fsp3) is 0.636. The van der Waals surface area contributed by atoms with Gasteiger partial charge in [0.15, 0.2) is 0 Å². The summed E-state index contributed by atoms with van der Waals surface area (Å²) in [6.07, 6.45) is 3.71. The maximum absolute atomic E-state index is 12.3. The summed E-state index contributed by atoms with van der Waals surface area (Å²) in [6.45, 7) is 7.23. The number of benzene rings is 1. The van der Waals surface area contributed by atoms with E-state index in [1.165, 1.54) is 11.1 Å². The first kappa shape index (κ1) is 25.4. The number of hydrogen-bond donors (Lipinski definition) is 2.